The fourth-order valence-electron chi connectivity index (χ4n) is 3.15. The van der Waals surface area contributed by atoms with Gasteiger partial charge in [0.1, 0.15) is 5.60 Å². The Bertz CT molecular complexity index is 572. The number of fused-ring (bicyclic) bond motifs is 1. The lowest BCUT2D eigenvalue weighted by Crippen LogP contribution is -2.44. The zero-order chi connectivity index (χ0) is 16.4. The molecule has 1 saturated heterocycles. The van der Waals surface area contributed by atoms with Crippen LogP contribution in [0.25, 0.3) is 0 Å². The summed E-state index contributed by atoms with van der Waals surface area (Å²) in [6.45, 7) is 9.15. The van der Waals surface area contributed by atoms with E-state index in [1.165, 1.54) is 16.8 Å². The van der Waals surface area contributed by atoms with Crippen LogP contribution in [0, 0.1) is 0 Å². The highest BCUT2D eigenvalue weighted by Gasteiger charge is 2.26. The molecule has 2 aliphatic heterocycles. The van der Waals surface area contributed by atoms with E-state index in [0.717, 1.165) is 39.0 Å². The highest BCUT2D eigenvalue weighted by atomic mass is 16.6. The number of nitrogens with one attached hydrogen (secondary N) is 2. The Kier molecular flexibility index (Phi) is 4.48. The van der Waals surface area contributed by atoms with Gasteiger partial charge in [-0.2, -0.15) is 0 Å². The number of rotatable bonds is 2. The number of carbonyl (C=O) groups is 1. The maximum atomic E-state index is 12.1. The number of ether oxygens (including phenoxy) is 1. The van der Waals surface area contributed by atoms with Crippen molar-refractivity contribution in [2.45, 2.75) is 58.3 Å². The van der Waals surface area contributed by atoms with E-state index in [1.807, 2.05) is 25.7 Å². The molecule has 5 nitrogen and oxygen atoms in total. The molecular formula is C18H27N3O2. The first-order valence-corrected chi connectivity index (χ1v) is 8.48. The zero-order valence-electron chi connectivity index (χ0n) is 14.3. The fraction of sp³-hybridized carbons (Fsp3) is 0.611. The summed E-state index contributed by atoms with van der Waals surface area (Å²) in [5.74, 6) is 0. The van der Waals surface area contributed by atoms with Crippen molar-refractivity contribution < 1.29 is 9.53 Å². The predicted molar refractivity (Wildman–Crippen MR) is 91.4 cm³/mol. The average molecular weight is 317 g/mol. The van der Waals surface area contributed by atoms with Crippen LogP contribution in [0.15, 0.2) is 18.2 Å². The first kappa shape index (κ1) is 16.1. The molecule has 3 rings (SSSR count). The summed E-state index contributed by atoms with van der Waals surface area (Å²) in [7, 11) is 0. The van der Waals surface area contributed by atoms with Gasteiger partial charge in [-0.05, 0) is 56.9 Å². The van der Waals surface area contributed by atoms with Gasteiger partial charge in [0, 0.05) is 37.9 Å². The standard InChI is InChI=1S/C18H27N3O2/c1-18(2,3)23-17(22)21-8-6-15(7-9-21)20-16-5-4-13-11-19-12-14(13)10-16/h4-5,10,15,19-20H,6-9,11-12H2,1-3H3. The molecule has 0 saturated carbocycles. The summed E-state index contributed by atoms with van der Waals surface area (Å²) in [4.78, 5) is 13.9. The second-order valence-electron chi connectivity index (χ2n) is 7.47. The van der Waals surface area contributed by atoms with E-state index in [9.17, 15) is 4.79 Å². The largest absolute Gasteiger partial charge is 0.444 e. The molecule has 1 amide bonds. The number of hydrogen-bond acceptors (Lipinski definition) is 4. The molecule has 0 aliphatic carbocycles. The van der Waals surface area contributed by atoms with Gasteiger partial charge < -0.3 is 20.3 Å². The molecule has 0 radical (unpaired) electrons. The van der Waals surface area contributed by atoms with E-state index < -0.39 is 5.60 Å². The van der Waals surface area contributed by atoms with Gasteiger partial charge in [0.15, 0.2) is 0 Å². The number of hydrogen-bond donors (Lipinski definition) is 2. The van der Waals surface area contributed by atoms with Crippen LogP contribution >= 0.6 is 0 Å². The molecule has 0 aromatic heterocycles. The summed E-state index contributed by atoms with van der Waals surface area (Å²) >= 11 is 0. The third-order valence-corrected chi connectivity index (χ3v) is 4.35. The normalized spacial score (nSPS) is 18.7. The van der Waals surface area contributed by atoms with E-state index in [-0.39, 0.29) is 6.09 Å². The number of piperidine rings is 1. The Labute approximate surface area is 138 Å². The van der Waals surface area contributed by atoms with Gasteiger partial charge in [-0.1, -0.05) is 6.07 Å². The summed E-state index contributed by atoms with van der Waals surface area (Å²) in [5, 5.41) is 6.98. The van der Waals surface area contributed by atoms with Gasteiger partial charge in [0.05, 0.1) is 0 Å². The van der Waals surface area contributed by atoms with Gasteiger partial charge in [-0.3, -0.25) is 0 Å². The molecule has 0 unspecified atom stereocenters. The van der Waals surface area contributed by atoms with Crippen LogP contribution in [0.1, 0.15) is 44.7 Å². The van der Waals surface area contributed by atoms with Crippen molar-refractivity contribution in [3.8, 4) is 0 Å². The number of benzene rings is 1. The number of nitrogens with zero attached hydrogens (tertiary/aromatic N) is 1. The van der Waals surface area contributed by atoms with E-state index in [2.05, 4.69) is 28.8 Å². The van der Waals surface area contributed by atoms with E-state index in [4.69, 9.17) is 4.74 Å². The first-order chi connectivity index (χ1) is 10.9. The molecule has 2 heterocycles. The maximum absolute atomic E-state index is 12.1. The molecule has 1 aromatic rings. The topological polar surface area (TPSA) is 53.6 Å². The van der Waals surface area contributed by atoms with Crippen LogP contribution < -0.4 is 10.6 Å². The molecule has 1 aromatic carbocycles. The van der Waals surface area contributed by atoms with E-state index >= 15 is 0 Å². The quantitative estimate of drug-likeness (QED) is 0.880. The molecular weight excluding hydrogens is 290 g/mol. The van der Waals surface area contributed by atoms with Crippen LogP contribution in [0.2, 0.25) is 0 Å². The number of amides is 1. The van der Waals surface area contributed by atoms with Crippen molar-refractivity contribution in [1.82, 2.24) is 10.2 Å². The van der Waals surface area contributed by atoms with Crippen LogP contribution in [0.4, 0.5) is 10.5 Å². The van der Waals surface area contributed by atoms with Crippen LogP contribution in [0.3, 0.4) is 0 Å². The van der Waals surface area contributed by atoms with Gasteiger partial charge in [0.2, 0.25) is 0 Å². The molecule has 0 bridgehead atoms. The van der Waals surface area contributed by atoms with Crippen LogP contribution in [0.5, 0.6) is 0 Å². The lowest BCUT2D eigenvalue weighted by molar-refractivity contribution is 0.0210. The second kappa shape index (κ2) is 6.40. The fourth-order valence-corrected chi connectivity index (χ4v) is 3.15. The lowest BCUT2D eigenvalue weighted by Gasteiger charge is -2.34. The lowest BCUT2D eigenvalue weighted by atomic mass is 10.0. The molecule has 1 fully saturated rings. The predicted octanol–water partition coefficient (Wildman–Crippen LogP) is 3.10. The summed E-state index contributed by atoms with van der Waals surface area (Å²) in [5.41, 5.74) is 3.55. The zero-order valence-corrected chi connectivity index (χ0v) is 14.3. The van der Waals surface area contributed by atoms with Gasteiger partial charge in [0.25, 0.3) is 0 Å². The summed E-state index contributed by atoms with van der Waals surface area (Å²) in [6, 6.07) is 7.02. The van der Waals surface area contributed by atoms with Crippen molar-refractivity contribution in [2.75, 3.05) is 18.4 Å². The van der Waals surface area contributed by atoms with Crippen LogP contribution in [-0.4, -0.2) is 35.7 Å². The second-order valence-corrected chi connectivity index (χ2v) is 7.47. The average Bonchev–Trinajstić information content (AvgIpc) is 2.94. The molecule has 2 aliphatic rings. The minimum Gasteiger partial charge on any atom is -0.444 e. The van der Waals surface area contributed by atoms with Crippen molar-refractivity contribution in [2.24, 2.45) is 0 Å². The van der Waals surface area contributed by atoms with Gasteiger partial charge in [-0.15, -0.1) is 0 Å². The van der Waals surface area contributed by atoms with Gasteiger partial charge in [-0.25, -0.2) is 4.79 Å². The maximum Gasteiger partial charge on any atom is 0.410 e. The summed E-state index contributed by atoms with van der Waals surface area (Å²) in [6.07, 6.45) is 1.71. The highest BCUT2D eigenvalue weighted by Crippen LogP contribution is 2.23. The number of anilines is 1. The van der Waals surface area contributed by atoms with E-state index in [0.29, 0.717) is 6.04 Å². The van der Waals surface area contributed by atoms with Crippen LogP contribution in [-0.2, 0) is 17.8 Å². The number of carbonyl (C=O) groups excluding carboxylic acids is 1. The SMILES string of the molecule is CC(C)(C)OC(=O)N1CCC(Nc2ccc3c(c2)CNC3)CC1. The Morgan fingerprint density at radius 1 is 1.22 bits per heavy atom. The monoisotopic (exact) mass is 317 g/mol. The molecule has 23 heavy (non-hydrogen) atoms. The molecule has 0 spiro atoms. The molecule has 2 N–H and O–H groups in total. The molecule has 5 heteroatoms. The molecule has 126 valence electrons. The van der Waals surface area contributed by atoms with Crippen molar-refractivity contribution in [3.63, 3.8) is 0 Å². The third-order valence-electron chi connectivity index (χ3n) is 4.35. The van der Waals surface area contributed by atoms with Crippen molar-refractivity contribution in [3.05, 3.63) is 29.3 Å². The van der Waals surface area contributed by atoms with Gasteiger partial charge >= 0.3 is 6.09 Å². The minimum atomic E-state index is -0.426. The van der Waals surface area contributed by atoms with Crippen molar-refractivity contribution >= 4 is 11.8 Å². The van der Waals surface area contributed by atoms with E-state index in [1.54, 1.807) is 0 Å². The third kappa shape index (κ3) is 4.16. The minimum absolute atomic E-state index is 0.195. The Morgan fingerprint density at radius 2 is 1.91 bits per heavy atom. The Morgan fingerprint density at radius 3 is 2.61 bits per heavy atom. The Hall–Kier alpha value is -1.75. The summed E-state index contributed by atoms with van der Waals surface area (Å²) < 4.78 is 5.44. The first-order valence-electron chi connectivity index (χ1n) is 8.48. The molecule has 0 atom stereocenters. The smallest absolute Gasteiger partial charge is 0.410 e. The Balaban J connectivity index is 1.50. The van der Waals surface area contributed by atoms with Crippen molar-refractivity contribution in [1.29, 1.82) is 0 Å². The number of likely N-dealkylation sites (tertiary alicyclic amines) is 1. The highest BCUT2D eigenvalue weighted by molar-refractivity contribution is 5.68.